The molecule has 3 rings (SSSR count). The number of carbonyl (C=O) groups excluding carboxylic acids is 1. The summed E-state index contributed by atoms with van der Waals surface area (Å²) in [6, 6.07) is 11.6. The highest BCUT2D eigenvalue weighted by molar-refractivity contribution is 7.89. The summed E-state index contributed by atoms with van der Waals surface area (Å²) in [5.41, 5.74) is 2.33. The van der Waals surface area contributed by atoms with Gasteiger partial charge in [0.1, 0.15) is 5.75 Å². The van der Waals surface area contributed by atoms with Crippen LogP contribution in [0.25, 0.3) is 0 Å². The molecule has 2 aromatic rings. The predicted octanol–water partition coefficient (Wildman–Crippen LogP) is 2.39. The fraction of sp³-hybridized carbons (Fsp3) is 0.381. The average Bonchev–Trinajstić information content (AvgIpc) is 3.25. The van der Waals surface area contributed by atoms with E-state index < -0.39 is 10.0 Å². The van der Waals surface area contributed by atoms with Gasteiger partial charge in [-0.1, -0.05) is 12.1 Å². The minimum absolute atomic E-state index is 0.0739. The summed E-state index contributed by atoms with van der Waals surface area (Å²) in [4.78, 5) is 12.5. The highest BCUT2D eigenvalue weighted by Gasteiger charge is 2.20. The maximum atomic E-state index is 12.4. The molecule has 0 spiro atoms. The Morgan fingerprint density at radius 3 is 2.62 bits per heavy atom. The van der Waals surface area contributed by atoms with Crippen molar-refractivity contribution in [2.24, 2.45) is 0 Å². The molecule has 2 aromatic carbocycles. The van der Waals surface area contributed by atoms with Gasteiger partial charge in [-0.05, 0) is 61.2 Å². The van der Waals surface area contributed by atoms with Gasteiger partial charge in [0.2, 0.25) is 10.0 Å². The van der Waals surface area contributed by atoms with Gasteiger partial charge in [-0.15, -0.1) is 0 Å². The number of nitrogens with one attached hydrogen (secondary N) is 2. The summed E-state index contributed by atoms with van der Waals surface area (Å²) in [5, 5.41) is 2.83. The van der Waals surface area contributed by atoms with Gasteiger partial charge in [-0.2, -0.15) is 0 Å². The second-order valence-corrected chi connectivity index (χ2v) is 8.76. The molecule has 1 amide bonds. The second-order valence-electron chi connectivity index (χ2n) is 7.00. The van der Waals surface area contributed by atoms with Crippen molar-refractivity contribution in [1.29, 1.82) is 0 Å². The molecule has 1 aliphatic heterocycles. The van der Waals surface area contributed by atoms with Crippen LogP contribution in [-0.4, -0.2) is 40.7 Å². The second kappa shape index (κ2) is 9.39. The molecule has 0 bridgehead atoms. The van der Waals surface area contributed by atoms with Crippen molar-refractivity contribution in [3.05, 3.63) is 59.2 Å². The Morgan fingerprint density at radius 1 is 1.21 bits per heavy atom. The number of aryl methyl sites for hydroxylation is 1. The van der Waals surface area contributed by atoms with Crippen LogP contribution in [0, 0.1) is 6.92 Å². The van der Waals surface area contributed by atoms with Gasteiger partial charge >= 0.3 is 0 Å². The van der Waals surface area contributed by atoms with E-state index in [4.69, 9.17) is 9.47 Å². The van der Waals surface area contributed by atoms with Crippen LogP contribution in [0.2, 0.25) is 0 Å². The molecule has 29 heavy (non-hydrogen) atoms. The monoisotopic (exact) mass is 418 g/mol. The van der Waals surface area contributed by atoms with Crippen molar-refractivity contribution >= 4 is 15.9 Å². The summed E-state index contributed by atoms with van der Waals surface area (Å²) in [5.74, 6) is 0.489. The third-order valence-corrected chi connectivity index (χ3v) is 6.32. The zero-order valence-electron chi connectivity index (χ0n) is 16.6. The zero-order valence-corrected chi connectivity index (χ0v) is 17.4. The molecule has 2 N–H and O–H groups in total. The molecular weight excluding hydrogens is 392 g/mol. The van der Waals surface area contributed by atoms with E-state index >= 15 is 0 Å². The molecule has 0 aliphatic carbocycles. The molecular formula is C21H26N2O5S. The molecule has 0 saturated carbocycles. The average molecular weight is 419 g/mol. The Bertz CT molecular complexity index is 952. The van der Waals surface area contributed by atoms with Crippen molar-refractivity contribution in [2.75, 3.05) is 20.3 Å². The quantitative estimate of drug-likeness (QED) is 0.687. The van der Waals surface area contributed by atoms with Gasteiger partial charge in [-0.25, -0.2) is 13.1 Å². The number of ether oxygens (including phenoxy) is 2. The predicted molar refractivity (Wildman–Crippen MR) is 110 cm³/mol. The molecule has 0 radical (unpaired) electrons. The first kappa shape index (κ1) is 21.3. The van der Waals surface area contributed by atoms with Crippen LogP contribution >= 0.6 is 0 Å². The first-order valence-electron chi connectivity index (χ1n) is 9.52. The van der Waals surface area contributed by atoms with Gasteiger partial charge in [0.25, 0.3) is 5.91 Å². The Kier molecular flexibility index (Phi) is 6.89. The van der Waals surface area contributed by atoms with Crippen LogP contribution < -0.4 is 14.8 Å². The topological polar surface area (TPSA) is 93.7 Å². The van der Waals surface area contributed by atoms with E-state index in [-0.39, 0.29) is 23.5 Å². The fourth-order valence-corrected chi connectivity index (χ4v) is 4.20. The zero-order chi connectivity index (χ0) is 20.9. The Labute approximate surface area is 171 Å². The van der Waals surface area contributed by atoms with E-state index in [1.807, 2.05) is 25.1 Å². The van der Waals surface area contributed by atoms with E-state index in [0.29, 0.717) is 18.7 Å². The van der Waals surface area contributed by atoms with Crippen LogP contribution in [0.4, 0.5) is 0 Å². The SMILES string of the molecule is COc1cc(CNC(=O)c2ccc(S(=O)(=O)NCC3CCCO3)cc2)ccc1C. The van der Waals surface area contributed by atoms with Crippen molar-refractivity contribution < 1.29 is 22.7 Å². The van der Waals surface area contributed by atoms with Crippen molar-refractivity contribution in [1.82, 2.24) is 10.0 Å². The molecule has 1 aliphatic rings. The van der Waals surface area contributed by atoms with Gasteiger partial charge in [0.15, 0.2) is 0 Å². The lowest BCUT2D eigenvalue weighted by Gasteiger charge is -2.12. The molecule has 1 unspecified atom stereocenters. The van der Waals surface area contributed by atoms with Crippen LogP contribution in [0.5, 0.6) is 5.75 Å². The molecule has 7 nitrogen and oxygen atoms in total. The summed E-state index contributed by atoms with van der Waals surface area (Å²) in [6.07, 6.45) is 1.73. The number of benzene rings is 2. The molecule has 1 heterocycles. The summed E-state index contributed by atoms with van der Waals surface area (Å²) in [7, 11) is -2.03. The minimum Gasteiger partial charge on any atom is -0.496 e. The highest BCUT2D eigenvalue weighted by Crippen LogP contribution is 2.19. The molecule has 8 heteroatoms. The Morgan fingerprint density at radius 2 is 1.97 bits per heavy atom. The normalized spacial score (nSPS) is 16.6. The van der Waals surface area contributed by atoms with Crippen LogP contribution in [0.15, 0.2) is 47.4 Å². The maximum Gasteiger partial charge on any atom is 0.251 e. The van der Waals surface area contributed by atoms with Crippen molar-refractivity contribution in [3.8, 4) is 5.75 Å². The number of hydrogen-bond acceptors (Lipinski definition) is 5. The molecule has 1 atom stereocenters. The fourth-order valence-electron chi connectivity index (χ4n) is 3.14. The van der Waals surface area contributed by atoms with E-state index in [2.05, 4.69) is 10.0 Å². The van der Waals surface area contributed by atoms with E-state index in [9.17, 15) is 13.2 Å². The smallest absolute Gasteiger partial charge is 0.251 e. The Balaban J connectivity index is 1.58. The number of carbonyl (C=O) groups is 1. The van der Waals surface area contributed by atoms with E-state index in [1.54, 1.807) is 7.11 Å². The highest BCUT2D eigenvalue weighted by atomic mass is 32.2. The third kappa shape index (κ3) is 5.56. The van der Waals surface area contributed by atoms with Gasteiger partial charge in [0, 0.05) is 25.3 Å². The summed E-state index contributed by atoms with van der Waals surface area (Å²) in [6.45, 7) is 3.22. The minimum atomic E-state index is -3.63. The van der Waals surface area contributed by atoms with Crippen LogP contribution in [0.3, 0.4) is 0 Å². The van der Waals surface area contributed by atoms with Crippen molar-refractivity contribution in [2.45, 2.75) is 37.3 Å². The van der Waals surface area contributed by atoms with Gasteiger partial charge in [0.05, 0.1) is 18.1 Å². The van der Waals surface area contributed by atoms with Crippen LogP contribution in [-0.2, 0) is 21.3 Å². The molecule has 0 aromatic heterocycles. The lowest BCUT2D eigenvalue weighted by molar-refractivity contribution is 0.0950. The van der Waals surface area contributed by atoms with Crippen LogP contribution in [0.1, 0.15) is 34.3 Å². The number of rotatable bonds is 8. The third-order valence-electron chi connectivity index (χ3n) is 4.88. The Hall–Kier alpha value is -2.42. The van der Waals surface area contributed by atoms with E-state index in [0.717, 1.165) is 29.7 Å². The first-order valence-corrected chi connectivity index (χ1v) is 11.0. The number of methoxy groups -OCH3 is 1. The molecule has 1 fully saturated rings. The standard InChI is InChI=1S/C21H26N2O5S/c1-15-5-6-16(12-20(15)27-2)13-22-21(24)17-7-9-19(10-8-17)29(25,26)23-14-18-4-3-11-28-18/h5-10,12,18,23H,3-4,11,13-14H2,1-2H3,(H,22,24). The molecule has 1 saturated heterocycles. The van der Waals surface area contributed by atoms with Crippen molar-refractivity contribution in [3.63, 3.8) is 0 Å². The number of hydrogen-bond donors (Lipinski definition) is 2. The lowest BCUT2D eigenvalue weighted by atomic mass is 10.1. The number of sulfonamides is 1. The maximum absolute atomic E-state index is 12.4. The number of amides is 1. The lowest BCUT2D eigenvalue weighted by Crippen LogP contribution is -2.31. The summed E-state index contributed by atoms with van der Waals surface area (Å²) < 4.78 is 38.1. The molecule has 156 valence electrons. The van der Waals surface area contributed by atoms with E-state index in [1.165, 1.54) is 24.3 Å². The largest absolute Gasteiger partial charge is 0.496 e. The first-order chi connectivity index (χ1) is 13.9. The van der Waals surface area contributed by atoms with Gasteiger partial charge in [-0.3, -0.25) is 4.79 Å². The van der Waals surface area contributed by atoms with Gasteiger partial charge < -0.3 is 14.8 Å². The summed E-state index contributed by atoms with van der Waals surface area (Å²) >= 11 is 0.